The Morgan fingerprint density at radius 3 is 1.62 bits per heavy atom. The van der Waals surface area contributed by atoms with Crippen molar-refractivity contribution >= 4 is 44.4 Å². The van der Waals surface area contributed by atoms with Crippen molar-refractivity contribution < 1.29 is 29.3 Å². The number of hydrogen-bond donors (Lipinski definition) is 2. The van der Waals surface area contributed by atoms with E-state index < -0.39 is 12.3 Å². The summed E-state index contributed by atoms with van der Waals surface area (Å²) in [4.78, 5) is 20.5. The van der Waals surface area contributed by atoms with Gasteiger partial charge in [-0.2, -0.15) is 0 Å². The highest BCUT2D eigenvalue weighted by Crippen LogP contribution is 2.40. The van der Waals surface area contributed by atoms with Crippen LogP contribution in [0.4, 0.5) is 9.59 Å². The van der Waals surface area contributed by atoms with E-state index in [1.807, 2.05) is 0 Å². The lowest BCUT2D eigenvalue weighted by molar-refractivity contribution is 0.144. The second-order valence-corrected chi connectivity index (χ2v) is 4.69. The van der Waals surface area contributed by atoms with Gasteiger partial charge in [0.2, 0.25) is 0 Å². The Bertz CT molecular complexity index is 477. The molecule has 0 aliphatic carbocycles. The van der Waals surface area contributed by atoms with Crippen molar-refractivity contribution in [2.75, 3.05) is 0 Å². The van der Waals surface area contributed by atoms with Crippen LogP contribution in [0.25, 0.3) is 9.40 Å². The fraction of sp³-hybridized carbons (Fsp3) is 0. The molecule has 0 unspecified atom stereocenters. The van der Waals surface area contributed by atoms with Gasteiger partial charge in [-0.25, -0.2) is 9.59 Å². The van der Waals surface area contributed by atoms with E-state index in [1.54, 1.807) is 0 Å². The molecular formula is C8H4O6S2. The van der Waals surface area contributed by atoms with Crippen LogP contribution in [-0.2, 0) is 0 Å². The van der Waals surface area contributed by atoms with Gasteiger partial charge in [-0.3, -0.25) is 0 Å². The Morgan fingerprint density at radius 1 is 0.938 bits per heavy atom. The van der Waals surface area contributed by atoms with Crippen molar-refractivity contribution in [3.05, 3.63) is 12.1 Å². The minimum Gasteiger partial charge on any atom is -0.449 e. The van der Waals surface area contributed by atoms with Gasteiger partial charge in [0.05, 0.1) is 9.40 Å². The van der Waals surface area contributed by atoms with E-state index in [0.29, 0.717) is 0 Å². The second kappa shape index (κ2) is 3.99. The van der Waals surface area contributed by atoms with Gasteiger partial charge in [0.25, 0.3) is 0 Å². The fourth-order valence-electron chi connectivity index (χ4n) is 1.06. The van der Waals surface area contributed by atoms with Crippen LogP contribution in [0.5, 0.6) is 10.1 Å². The van der Waals surface area contributed by atoms with E-state index in [0.717, 1.165) is 32.1 Å². The average molecular weight is 260 g/mol. The molecule has 2 N–H and O–H groups in total. The summed E-state index contributed by atoms with van der Waals surface area (Å²) in [6, 6.07) is 3.04. The highest BCUT2D eigenvalue weighted by Gasteiger charge is 2.12. The molecule has 2 heterocycles. The van der Waals surface area contributed by atoms with Gasteiger partial charge in [0.15, 0.2) is 10.1 Å². The van der Waals surface area contributed by atoms with Crippen molar-refractivity contribution in [3.8, 4) is 10.1 Å². The molecule has 2 aromatic heterocycles. The number of fused-ring (bicyclic) bond motifs is 1. The molecule has 6 nitrogen and oxygen atoms in total. The highest BCUT2D eigenvalue weighted by molar-refractivity contribution is 7.29. The standard InChI is InChI=1S/C8H4O6S2/c9-7(10)13-5-1-3-4(16-5)2-6(15-3)14-8(11)12/h1-2H,(H,9,10)(H,11,12). The van der Waals surface area contributed by atoms with E-state index in [9.17, 15) is 9.59 Å². The van der Waals surface area contributed by atoms with Crippen LogP contribution in [0, 0.1) is 0 Å². The first-order valence-corrected chi connectivity index (χ1v) is 5.53. The lowest BCUT2D eigenvalue weighted by Crippen LogP contribution is -2.01. The molecule has 0 amide bonds. The quantitative estimate of drug-likeness (QED) is 0.806. The van der Waals surface area contributed by atoms with Gasteiger partial charge in [-0.1, -0.05) is 22.7 Å². The van der Waals surface area contributed by atoms with Crippen molar-refractivity contribution in [2.45, 2.75) is 0 Å². The van der Waals surface area contributed by atoms with E-state index in [4.69, 9.17) is 10.2 Å². The summed E-state index contributed by atoms with van der Waals surface area (Å²) in [7, 11) is 0. The third-order valence-corrected chi connectivity index (χ3v) is 3.59. The summed E-state index contributed by atoms with van der Waals surface area (Å²) in [6.07, 6.45) is -2.76. The first kappa shape index (κ1) is 10.7. The maximum atomic E-state index is 10.3. The van der Waals surface area contributed by atoms with Crippen molar-refractivity contribution in [1.29, 1.82) is 0 Å². The molecule has 2 aromatic rings. The largest absolute Gasteiger partial charge is 0.512 e. The zero-order chi connectivity index (χ0) is 11.7. The third kappa shape index (κ3) is 2.23. The normalized spacial score (nSPS) is 10.2. The molecule has 0 aromatic carbocycles. The zero-order valence-corrected chi connectivity index (χ0v) is 9.13. The molecule has 8 heteroatoms. The van der Waals surface area contributed by atoms with Crippen LogP contribution in [-0.4, -0.2) is 22.5 Å². The van der Waals surface area contributed by atoms with Gasteiger partial charge in [-0.05, 0) is 0 Å². The number of rotatable bonds is 2. The topological polar surface area (TPSA) is 93.1 Å². The maximum absolute atomic E-state index is 10.3. The van der Waals surface area contributed by atoms with Crippen molar-refractivity contribution in [2.24, 2.45) is 0 Å². The SMILES string of the molecule is O=C(O)Oc1cc2sc(OC(=O)O)cc2s1. The maximum Gasteiger partial charge on any atom is 0.512 e. The molecule has 0 spiro atoms. The van der Waals surface area contributed by atoms with Crippen LogP contribution in [0.15, 0.2) is 12.1 Å². The van der Waals surface area contributed by atoms with Crippen LogP contribution in [0.3, 0.4) is 0 Å². The summed E-state index contributed by atoms with van der Waals surface area (Å²) >= 11 is 2.22. The number of carboxylic acid groups (broad SMARTS) is 2. The first-order valence-electron chi connectivity index (χ1n) is 3.89. The smallest absolute Gasteiger partial charge is 0.449 e. The molecule has 16 heavy (non-hydrogen) atoms. The predicted molar refractivity (Wildman–Crippen MR) is 57.0 cm³/mol. The van der Waals surface area contributed by atoms with Crippen LogP contribution < -0.4 is 9.47 Å². The van der Waals surface area contributed by atoms with E-state index in [-0.39, 0.29) is 10.1 Å². The van der Waals surface area contributed by atoms with Gasteiger partial charge in [0, 0.05) is 12.1 Å². The first-order chi connectivity index (χ1) is 7.54. The van der Waals surface area contributed by atoms with E-state index in [1.165, 1.54) is 12.1 Å². The van der Waals surface area contributed by atoms with Gasteiger partial charge >= 0.3 is 12.3 Å². The molecule has 0 aliphatic heterocycles. The van der Waals surface area contributed by atoms with Crippen LogP contribution >= 0.6 is 22.7 Å². The minimum absolute atomic E-state index is 0.246. The predicted octanol–water partition coefficient (Wildman–Crippen LogP) is 3.08. The van der Waals surface area contributed by atoms with Crippen molar-refractivity contribution in [3.63, 3.8) is 0 Å². The molecule has 0 radical (unpaired) electrons. The number of carbonyl (C=O) groups is 2. The lowest BCUT2D eigenvalue weighted by Gasteiger charge is -1.92. The van der Waals surface area contributed by atoms with Crippen molar-refractivity contribution in [1.82, 2.24) is 0 Å². The molecule has 0 fully saturated rings. The highest BCUT2D eigenvalue weighted by atomic mass is 32.1. The van der Waals surface area contributed by atoms with Gasteiger partial charge in [0.1, 0.15) is 0 Å². The monoisotopic (exact) mass is 260 g/mol. The Morgan fingerprint density at radius 2 is 1.31 bits per heavy atom. The van der Waals surface area contributed by atoms with Crippen LogP contribution in [0.1, 0.15) is 0 Å². The Hall–Kier alpha value is -1.80. The zero-order valence-electron chi connectivity index (χ0n) is 7.50. The molecule has 0 aliphatic rings. The number of thiophene rings is 2. The summed E-state index contributed by atoms with van der Waals surface area (Å²) in [5, 5.41) is 17.3. The Balaban J connectivity index is 2.25. The number of ether oxygens (including phenoxy) is 2. The molecule has 84 valence electrons. The van der Waals surface area contributed by atoms with Gasteiger partial charge in [-0.15, -0.1) is 0 Å². The Labute approximate surface area is 96.3 Å². The van der Waals surface area contributed by atoms with Crippen LogP contribution in [0.2, 0.25) is 0 Å². The molecular weight excluding hydrogens is 256 g/mol. The fourth-order valence-corrected chi connectivity index (χ4v) is 3.13. The lowest BCUT2D eigenvalue weighted by atomic mass is 10.5. The molecule has 0 saturated heterocycles. The molecule has 0 saturated carbocycles. The number of hydrogen-bond acceptors (Lipinski definition) is 6. The summed E-state index contributed by atoms with van der Waals surface area (Å²) in [6.45, 7) is 0. The minimum atomic E-state index is -1.38. The summed E-state index contributed by atoms with van der Waals surface area (Å²) in [5.41, 5.74) is 0. The molecule has 0 bridgehead atoms. The van der Waals surface area contributed by atoms with E-state index >= 15 is 0 Å². The third-order valence-electron chi connectivity index (χ3n) is 1.54. The van der Waals surface area contributed by atoms with Gasteiger partial charge < -0.3 is 19.7 Å². The molecule has 2 rings (SSSR count). The summed E-state index contributed by atoms with van der Waals surface area (Å²) < 4.78 is 10.4. The molecule has 0 atom stereocenters. The second-order valence-electron chi connectivity index (χ2n) is 2.60. The summed E-state index contributed by atoms with van der Waals surface area (Å²) in [5.74, 6) is 0. The Kier molecular flexibility index (Phi) is 2.67. The average Bonchev–Trinajstić information content (AvgIpc) is 2.58. The van der Waals surface area contributed by atoms with E-state index in [2.05, 4.69) is 9.47 Å².